The van der Waals surface area contributed by atoms with Gasteiger partial charge in [-0.05, 0) is 24.6 Å². The van der Waals surface area contributed by atoms with Crippen LogP contribution in [0.2, 0.25) is 0 Å². The molecule has 0 aliphatic rings. The van der Waals surface area contributed by atoms with Gasteiger partial charge >= 0.3 is 5.97 Å². The summed E-state index contributed by atoms with van der Waals surface area (Å²) in [5, 5.41) is 3.05. The van der Waals surface area contributed by atoms with Gasteiger partial charge in [0.1, 0.15) is 17.7 Å². The lowest BCUT2D eigenvalue weighted by molar-refractivity contribution is 0.0526. The number of esters is 1. The molecule has 1 amide bonds. The molecule has 7 heteroatoms. The summed E-state index contributed by atoms with van der Waals surface area (Å²) in [6.45, 7) is 2.44. The highest BCUT2D eigenvalue weighted by atomic mass is 16.5. The number of hydrogen-bond donors (Lipinski definition) is 2. The molecule has 7 nitrogen and oxygen atoms in total. The largest absolute Gasteiger partial charge is 0.462 e. The molecule has 1 aromatic carbocycles. The zero-order valence-corrected chi connectivity index (χ0v) is 12.1. The molecule has 0 unspecified atom stereocenters. The van der Waals surface area contributed by atoms with Crippen LogP contribution in [0.15, 0.2) is 36.8 Å². The first-order chi connectivity index (χ1) is 10.6. The molecule has 2 rings (SSSR count). The van der Waals surface area contributed by atoms with Crippen molar-refractivity contribution in [3.63, 3.8) is 0 Å². The van der Waals surface area contributed by atoms with Crippen molar-refractivity contribution in [1.29, 1.82) is 0 Å². The van der Waals surface area contributed by atoms with Crippen LogP contribution in [-0.4, -0.2) is 28.5 Å². The molecule has 0 atom stereocenters. The average Bonchev–Trinajstić information content (AvgIpc) is 2.54. The predicted octanol–water partition coefficient (Wildman–Crippen LogP) is 1.36. The van der Waals surface area contributed by atoms with Crippen LogP contribution >= 0.6 is 0 Å². The smallest absolute Gasteiger partial charge is 0.343 e. The van der Waals surface area contributed by atoms with Crippen molar-refractivity contribution in [3.05, 3.63) is 53.5 Å². The zero-order valence-electron chi connectivity index (χ0n) is 12.1. The quantitative estimate of drug-likeness (QED) is 0.780. The third kappa shape index (κ3) is 3.78. The van der Waals surface area contributed by atoms with E-state index in [-0.39, 0.29) is 12.2 Å². The summed E-state index contributed by atoms with van der Waals surface area (Å²) in [6, 6.07) is 6.84. The van der Waals surface area contributed by atoms with Gasteiger partial charge in [0.15, 0.2) is 0 Å². The van der Waals surface area contributed by atoms with E-state index < -0.39 is 11.9 Å². The number of primary amides is 1. The molecule has 0 aliphatic carbocycles. The molecule has 1 aromatic heterocycles. The van der Waals surface area contributed by atoms with Crippen LogP contribution in [0, 0.1) is 0 Å². The summed E-state index contributed by atoms with van der Waals surface area (Å²) in [6.07, 6.45) is 2.75. The Morgan fingerprint density at radius 2 is 2.00 bits per heavy atom. The average molecular weight is 300 g/mol. The Morgan fingerprint density at radius 1 is 1.27 bits per heavy atom. The van der Waals surface area contributed by atoms with E-state index in [9.17, 15) is 9.59 Å². The number of amides is 1. The van der Waals surface area contributed by atoms with Crippen molar-refractivity contribution in [2.75, 3.05) is 11.9 Å². The first-order valence-corrected chi connectivity index (χ1v) is 6.71. The monoisotopic (exact) mass is 300 g/mol. The first-order valence-electron chi connectivity index (χ1n) is 6.71. The highest BCUT2D eigenvalue weighted by Crippen LogP contribution is 2.13. The number of nitrogens with zero attached hydrogens (tertiary/aromatic N) is 2. The lowest BCUT2D eigenvalue weighted by Crippen LogP contribution is -2.12. The van der Waals surface area contributed by atoms with E-state index in [1.54, 1.807) is 31.2 Å². The van der Waals surface area contributed by atoms with Crippen LogP contribution in [0.25, 0.3) is 0 Å². The number of nitrogens with two attached hydrogens (primary N) is 1. The van der Waals surface area contributed by atoms with Crippen LogP contribution in [-0.2, 0) is 11.3 Å². The summed E-state index contributed by atoms with van der Waals surface area (Å²) in [5.41, 5.74) is 6.82. The molecular weight excluding hydrogens is 284 g/mol. The molecule has 0 spiro atoms. The van der Waals surface area contributed by atoms with Gasteiger partial charge in [0.25, 0.3) is 0 Å². The number of rotatable bonds is 6. The fourth-order valence-corrected chi connectivity index (χ4v) is 1.80. The number of aromatic nitrogens is 2. The standard InChI is InChI=1S/C15H16N4O3/c1-2-22-15(21)12-8-17-9-19-14(12)18-7-10-3-5-11(6-4-10)13(16)20/h3-6,8-9H,2,7H2,1H3,(H2,16,20)(H,17,18,19). The highest BCUT2D eigenvalue weighted by Gasteiger charge is 2.13. The lowest BCUT2D eigenvalue weighted by Gasteiger charge is -2.09. The van der Waals surface area contributed by atoms with Crippen molar-refractivity contribution in [2.45, 2.75) is 13.5 Å². The fourth-order valence-electron chi connectivity index (χ4n) is 1.80. The van der Waals surface area contributed by atoms with Gasteiger partial charge in [-0.25, -0.2) is 14.8 Å². The van der Waals surface area contributed by atoms with E-state index in [1.165, 1.54) is 12.5 Å². The number of hydrogen-bond acceptors (Lipinski definition) is 6. The molecule has 114 valence electrons. The molecule has 0 bridgehead atoms. The van der Waals surface area contributed by atoms with Gasteiger partial charge in [-0.2, -0.15) is 0 Å². The number of nitrogens with one attached hydrogen (secondary N) is 1. The third-order valence-corrected chi connectivity index (χ3v) is 2.91. The maximum absolute atomic E-state index is 11.8. The van der Waals surface area contributed by atoms with Crippen LogP contribution < -0.4 is 11.1 Å². The predicted molar refractivity (Wildman–Crippen MR) is 80.3 cm³/mol. The second-order valence-corrected chi connectivity index (χ2v) is 4.42. The van der Waals surface area contributed by atoms with E-state index in [4.69, 9.17) is 10.5 Å². The van der Waals surface area contributed by atoms with Gasteiger partial charge in [0.05, 0.1) is 6.61 Å². The van der Waals surface area contributed by atoms with E-state index in [0.29, 0.717) is 17.9 Å². The maximum atomic E-state index is 11.8. The topological polar surface area (TPSA) is 107 Å². The molecule has 22 heavy (non-hydrogen) atoms. The molecule has 0 saturated heterocycles. The Balaban J connectivity index is 2.08. The summed E-state index contributed by atoms with van der Waals surface area (Å²) >= 11 is 0. The summed E-state index contributed by atoms with van der Waals surface area (Å²) in [5.74, 6) is -0.554. The SMILES string of the molecule is CCOC(=O)c1cncnc1NCc1ccc(C(N)=O)cc1. The van der Waals surface area contributed by atoms with Crippen LogP contribution in [0.4, 0.5) is 5.82 Å². The second kappa shape index (κ2) is 7.16. The minimum atomic E-state index is -0.477. The van der Waals surface area contributed by atoms with Crippen molar-refractivity contribution in [1.82, 2.24) is 9.97 Å². The van der Waals surface area contributed by atoms with E-state index in [0.717, 1.165) is 5.56 Å². The molecule has 0 radical (unpaired) electrons. The Morgan fingerprint density at radius 3 is 2.64 bits per heavy atom. The summed E-state index contributed by atoms with van der Waals surface area (Å²) in [7, 11) is 0. The normalized spacial score (nSPS) is 10.0. The Kier molecular flexibility index (Phi) is 5.02. The molecule has 0 saturated carbocycles. The van der Waals surface area contributed by atoms with Crippen molar-refractivity contribution >= 4 is 17.7 Å². The first kappa shape index (κ1) is 15.4. The molecule has 2 aromatic rings. The fraction of sp³-hybridized carbons (Fsp3) is 0.200. The van der Waals surface area contributed by atoms with Crippen LogP contribution in [0.5, 0.6) is 0 Å². The maximum Gasteiger partial charge on any atom is 0.343 e. The van der Waals surface area contributed by atoms with Gasteiger partial charge < -0.3 is 15.8 Å². The minimum Gasteiger partial charge on any atom is -0.462 e. The highest BCUT2D eigenvalue weighted by molar-refractivity contribution is 5.94. The molecule has 1 heterocycles. The molecule has 0 aliphatic heterocycles. The van der Waals surface area contributed by atoms with Crippen molar-refractivity contribution in [2.24, 2.45) is 5.73 Å². The number of carbonyl (C=O) groups is 2. The van der Waals surface area contributed by atoms with Gasteiger partial charge in [0.2, 0.25) is 5.91 Å². The Labute approximate surface area is 127 Å². The van der Waals surface area contributed by atoms with E-state index >= 15 is 0 Å². The zero-order chi connectivity index (χ0) is 15.9. The van der Waals surface area contributed by atoms with Gasteiger partial charge in [0, 0.05) is 18.3 Å². The summed E-state index contributed by atoms with van der Waals surface area (Å²) < 4.78 is 4.95. The Hall–Kier alpha value is -2.96. The van der Waals surface area contributed by atoms with Crippen LogP contribution in [0.3, 0.4) is 0 Å². The molecular formula is C15H16N4O3. The van der Waals surface area contributed by atoms with E-state index in [1.807, 2.05) is 0 Å². The molecule has 3 N–H and O–H groups in total. The van der Waals surface area contributed by atoms with Gasteiger partial charge in [-0.15, -0.1) is 0 Å². The number of carbonyl (C=O) groups excluding carboxylic acids is 2. The lowest BCUT2D eigenvalue weighted by atomic mass is 10.1. The minimum absolute atomic E-state index is 0.276. The second-order valence-electron chi connectivity index (χ2n) is 4.42. The van der Waals surface area contributed by atoms with Gasteiger partial charge in [-0.1, -0.05) is 12.1 Å². The number of benzene rings is 1. The molecule has 0 fully saturated rings. The Bertz CT molecular complexity index is 671. The summed E-state index contributed by atoms with van der Waals surface area (Å²) in [4.78, 5) is 30.7. The third-order valence-electron chi connectivity index (χ3n) is 2.91. The van der Waals surface area contributed by atoms with Crippen molar-refractivity contribution in [3.8, 4) is 0 Å². The number of ether oxygens (including phenoxy) is 1. The van der Waals surface area contributed by atoms with Crippen molar-refractivity contribution < 1.29 is 14.3 Å². The number of anilines is 1. The van der Waals surface area contributed by atoms with E-state index in [2.05, 4.69) is 15.3 Å². The van der Waals surface area contributed by atoms with Gasteiger partial charge in [-0.3, -0.25) is 4.79 Å². The van der Waals surface area contributed by atoms with Crippen LogP contribution in [0.1, 0.15) is 33.2 Å².